The molecule has 3 heteroatoms. The van der Waals surface area contributed by atoms with Crippen LogP contribution >= 0.6 is 0 Å². The Labute approximate surface area is 60.9 Å². The fourth-order valence-electron chi connectivity index (χ4n) is 1.25. The molecule has 1 aliphatic rings. The van der Waals surface area contributed by atoms with E-state index in [9.17, 15) is 0 Å². The first-order chi connectivity index (χ1) is 4.74. The molecule has 10 heavy (non-hydrogen) atoms. The van der Waals surface area contributed by atoms with Gasteiger partial charge in [0.25, 0.3) is 0 Å². The summed E-state index contributed by atoms with van der Waals surface area (Å²) in [5, 5.41) is 9.02. The number of aliphatic hydroxyl groups is 1. The molecule has 0 amide bonds. The zero-order chi connectivity index (χ0) is 7.56. The highest BCUT2D eigenvalue weighted by molar-refractivity contribution is 4.71. The lowest BCUT2D eigenvalue weighted by Crippen LogP contribution is -2.37. The molecule has 0 aromatic heterocycles. The van der Waals surface area contributed by atoms with Crippen molar-refractivity contribution in [1.29, 1.82) is 0 Å². The van der Waals surface area contributed by atoms with E-state index in [1.807, 2.05) is 6.92 Å². The van der Waals surface area contributed by atoms with Crippen molar-refractivity contribution in [2.45, 2.75) is 38.3 Å². The van der Waals surface area contributed by atoms with Crippen molar-refractivity contribution in [2.75, 3.05) is 7.11 Å². The fraction of sp³-hybridized carbons (Fsp3) is 1.00. The summed E-state index contributed by atoms with van der Waals surface area (Å²) in [5.74, 6) is 0. The third-order valence-electron chi connectivity index (χ3n) is 1.90. The van der Waals surface area contributed by atoms with E-state index in [4.69, 9.17) is 14.6 Å². The third-order valence-corrected chi connectivity index (χ3v) is 1.90. The number of rotatable bonds is 1. The van der Waals surface area contributed by atoms with Crippen LogP contribution in [0.1, 0.15) is 19.8 Å². The van der Waals surface area contributed by atoms with Gasteiger partial charge in [0.15, 0.2) is 6.29 Å². The monoisotopic (exact) mass is 146 g/mol. The summed E-state index contributed by atoms with van der Waals surface area (Å²) in [6.07, 6.45) is 1.17. The van der Waals surface area contributed by atoms with Gasteiger partial charge in [-0.1, -0.05) is 0 Å². The molecule has 1 heterocycles. The lowest BCUT2D eigenvalue weighted by Gasteiger charge is -2.30. The van der Waals surface area contributed by atoms with E-state index in [1.165, 1.54) is 0 Å². The predicted octanol–water partition coefficient (Wildman–Crippen LogP) is 0.519. The molecule has 0 saturated carbocycles. The van der Waals surface area contributed by atoms with Crippen molar-refractivity contribution >= 4 is 0 Å². The topological polar surface area (TPSA) is 38.7 Å². The van der Waals surface area contributed by atoms with Gasteiger partial charge >= 0.3 is 0 Å². The van der Waals surface area contributed by atoms with Crippen molar-refractivity contribution in [2.24, 2.45) is 0 Å². The van der Waals surface area contributed by atoms with Crippen LogP contribution in [0.4, 0.5) is 0 Å². The van der Waals surface area contributed by atoms with E-state index in [1.54, 1.807) is 7.11 Å². The quantitative estimate of drug-likeness (QED) is 0.586. The second-order valence-corrected chi connectivity index (χ2v) is 2.65. The molecule has 1 saturated heterocycles. The fourth-order valence-corrected chi connectivity index (χ4v) is 1.25. The normalized spacial score (nSPS) is 41.7. The Hall–Kier alpha value is -0.120. The third kappa shape index (κ3) is 1.68. The number of ether oxygens (including phenoxy) is 2. The summed E-state index contributed by atoms with van der Waals surface area (Å²) in [4.78, 5) is 0. The molecule has 1 fully saturated rings. The van der Waals surface area contributed by atoms with Crippen LogP contribution in [-0.4, -0.2) is 30.7 Å². The molecule has 0 aliphatic carbocycles. The second kappa shape index (κ2) is 3.32. The van der Waals surface area contributed by atoms with Crippen LogP contribution in [0.3, 0.4) is 0 Å². The number of methoxy groups -OCH3 is 1. The van der Waals surface area contributed by atoms with Crippen molar-refractivity contribution in [3.63, 3.8) is 0 Å². The minimum atomic E-state index is -0.582. The zero-order valence-corrected chi connectivity index (χ0v) is 6.41. The minimum Gasteiger partial charge on any atom is -0.379 e. The van der Waals surface area contributed by atoms with Gasteiger partial charge in [0.1, 0.15) is 0 Å². The van der Waals surface area contributed by atoms with E-state index in [0.717, 1.165) is 6.42 Å². The predicted molar refractivity (Wildman–Crippen MR) is 36.6 cm³/mol. The summed E-state index contributed by atoms with van der Waals surface area (Å²) in [6.45, 7) is 1.91. The summed E-state index contributed by atoms with van der Waals surface area (Å²) in [6, 6.07) is 0. The minimum absolute atomic E-state index is 0.0220. The summed E-state index contributed by atoms with van der Waals surface area (Å²) < 4.78 is 10.2. The number of hydrogen-bond donors (Lipinski definition) is 1. The van der Waals surface area contributed by atoms with Crippen LogP contribution in [0.15, 0.2) is 0 Å². The van der Waals surface area contributed by atoms with Gasteiger partial charge in [-0.25, -0.2) is 0 Å². The van der Waals surface area contributed by atoms with E-state index < -0.39 is 6.29 Å². The van der Waals surface area contributed by atoms with Crippen LogP contribution in [0.5, 0.6) is 0 Å². The number of aliphatic hydroxyl groups excluding tert-OH is 1. The van der Waals surface area contributed by atoms with Gasteiger partial charge in [-0.3, -0.25) is 0 Å². The van der Waals surface area contributed by atoms with Gasteiger partial charge in [0.2, 0.25) is 0 Å². The summed E-state index contributed by atoms with van der Waals surface area (Å²) in [7, 11) is 1.67. The molecule has 0 unspecified atom stereocenters. The Bertz CT molecular complexity index is 105. The average molecular weight is 146 g/mol. The molecule has 1 aliphatic heterocycles. The first-order valence-corrected chi connectivity index (χ1v) is 3.60. The molecule has 3 nitrogen and oxygen atoms in total. The Kier molecular flexibility index (Phi) is 2.65. The molecular formula is C7H14O3. The van der Waals surface area contributed by atoms with Crippen LogP contribution < -0.4 is 0 Å². The Morgan fingerprint density at radius 3 is 2.70 bits per heavy atom. The lowest BCUT2D eigenvalue weighted by molar-refractivity contribution is -0.198. The van der Waals surface area contributed by atoms with Gasteiger partial charge in [-0.2, -0.15) is 0 Å². The first-order valence-electron chi connectivity index (χ1n) is 3.60. The first kappa shape index (κ1) is 7.98. The van der Waals surface area contributed by atoms with Gasteiger partial charge < -0.3 is 14.6 Å². The average Bonchev–Trinajstić information content (AvgIpc) is 1.88. The van der Waals surface area contributed by atoms with E-state index in [-0.39, 0.29) is 12.2 Å². The highest BCUT2D eigenvalue weighted by Gasteiger charge is 2.26. The standard InChI is InChI=1S/C7H14O3/c1-5-6(9-2)3-4-7(8)10-5/h5-8H,3-4H2,1-2H3/t5-,6+,7+/m0/s1. The van der Waals surface area contributed by atoms with Crippen molar-refractivity contribution in [3.8, 4) is 0 Å². The van der Waals surface area contributed by atoms with E-state index in [2.05, 4.69) is 0 Å². The summed E-state index contributed by atoms with van der Waals surface area (Å²) in [5.41, 5.74) is 0. The molecular weight excluding hydrogens is 132 g/mol. The highest BCUT2D eigenvalue weighted by atomic mass is 16.6. The van der Waals surface area contributed by atoms with E-state index >= 15 is 0 Å². The number of hydrogen-bond acceptors (Lipinski definition) is 3. The van der Waals surface area contributed by atoms with Crippen LogP contribution in [-0.2, 0) is 9.47 Å². The van der Waals surface area contributed by atoms with Gasteiger partial charge in [0.05, 0.1) is 12.2 Å². The molecule has 0 radical (unpaired) electrons. The Morgan fingerprint density at radius 1 is 1.50 bits per heavy atom. The van der Waals surface area contributed by atoms with Gasteiger partial charge in [-0.05, 0) is 13.3 Å². The molecule has 0 aromatic rings. The van der Waals surface area contributed by atoms with E-state index in [0.29, 0.717) is 6.42 Å². The molecule has 60 valence electrons. The molecule has 0 spiro atoms. The Balaban J connectivity index is 2.36. The molecule has 0 bridgehead atoms. The smallest absolute Gasteiger partial charge is 0.155 e. The van der Waals surface area contributed by atoms with Crippen LogP contribution in [0, 0.1) is 0 Å². The molecule has 1 rings (SSSR count). The summed E-state index contributed by atoms with van der Waals surface area (Å²) >= 11 is 0. The maximum atomic E-state index is 9.02. The van der Waals surface area contributed by atoms with Crippen LogP contribution in [0.2, 0.25) is 0 Å². The van der Waals surface area contributed by atoms with Crippen molar-refractivity contribution in [3.05, 3.63) is 0 Å². The maximum absolute atomic E-state index is 9.02. The molecule has 1 N–H and O–H groups in total. The molecule has 0 aromatic carbocycles. The second-order valence-electron chi connectivity index (χ2n) is 2.65. The van der Waals surface area contributed by atoms with Crippen LogP contribution in [0.25, 0.3) is 0 Å². The Morgan fingerprint density at radius 2 is 2.20 bits per heavy atom. The SMILES string of the molecule is CO[C@@H]1CC[C@H](O)O[C@H]1C. The highest BCUT2D eigenvalue weighted by Crippen LogP contribution is 2.19. The van der Waals surface area contributed by atoms with Crippen molar-refractivity contribution < 1.29 is 14.6 Å². The lowest BCUT2D eigenvalue weighted by atomic mass is 10.1. The molecule has 3 atom stereocenters. The maximum Gasteiger partial charge on any atom is 0.155 e. The van der Waals surface area contributed by atoms with Gasteiger partial charge in [0, 0.05) is 13.5 Å². The van der Waals surface area contributed by atoms with Crippen molar-refractivity contribution in [1.82, 2.24) is 0 Å². The zero-order valence-electron chi connectivity index (χ0n) is 6.41. The van der Waals surface area contributed by atoms with Gasteiger partial charge in [-0.15, -0.1) is 0 Å². The largest absolute Gasteiger partial charge is 0.379 e.